The van der Waals surface area contributed by atoms with E-state index in [0.29, 0.717) is 6.04 Å². The summed E-state index contributed by atoms with van der Waals surface area (Å²) in [4.78, 5) is 0. The number of rotatable bonds is 5. The van der Waals surface area contributed by atoms with Gasteiger partial charge in [0.15, 0.2) is 0 Å². The molecule has 0 spiro atoms. The number of nitrogens with one attached hydrogen (secondary N) is 1. The smallest absolute Gasteiger partial charge is 0.0208 e. The van der Waals surface area contributed by atoms with E-state index in [2.05, 4.69) is 58.1 Å². The van der Waals surface area contributed by atoms with Gasteiger partial charge in [0.25, 0.3) is 0 Å². The fourth-order valence-corrected chi connectivity index (χ4v) is 2.00. The highest BCUT2D eigenvalue weighted by atomic mass is 14.9. The Morgan fingerprint density at radius 3 is 2.31 bits per heavy atom. The lowest BCUT2D eigenvalue weighted by atomic mass is 10.0. The van der Waals surface area contributed by atoms with E-state index in [4.69, 9.17) is 0 Å². The molecule has 1 aromatic carbocycles. The van der Waals surface area contributed by atoms with Gasteiger partial charge in [0.2, 0.25) is 0 Å². The van der Waals surface area contributed by atoms with Gasteiger partial charge in [-0.2, -0.15) is 0 Å². The van der Waals surface area contributed by atoms with E-state index < -0.39 is 0 Å². The molecule has 0 aliphatic rings. The summed E-state index contributed by atoms with van der Waals surface area (Å²) < 4.78 is 0. The van der Waals surface area contributed by atoms with E-state index in [1.54, 1.807) is 0 Å². The third-order valence-electron chi connectivity index (χ3n) is 3.05. The first-order valence-corrected chi connectivity index (χ1v) is 6.28. The molecular weight excluding hydrogens is 194 g/mol. The van der Waals surface area contributed by atoms with Crippen LogP contribution in [0, 0.1) is 19.8 Å². The Labute approximate surface area is 100 Å². The zero-order valence-corrected chi connectivity index (χ0v) is 11.3. The Balaban J connectivity index is 2.45. The van der Waals surface area contributed by atoms with E-state index >= 15 is 0 Å². The summed E-state index contributed by atoms with van der Waals surface area (Å²) in [5, 5.41) is 3.58. The van der Waals surface area contributed by atoms with E-state index in [9.17, 15) is 0 Å². The van der Waals surface area contributed by atoms with Crippen molar-refractivity contribution in [3.63, 3.8) is 0 Å². The predicted octanol–water partition coefficient (Wildman–Crippen LogP) is 3.83. The van der Waals surface area contributed by atoms with Crippen LogP contribution in [0.2, 0.25) is 0 Å². The molecule has 0 saturated heterocycles. The second kappa shape index (κ2) is 6.05. The molecule has 1 nitrogen and oxygen atoms in total. The summed E-state index contributed by atoms with van der Waals surface area (Å²) in [7, 11) is 0. The number of hydrogen-bond donors (Lipinski definition) is 1. The molecule has 1 rings (SSSR count). The third-order valence-corrected chi connectivity index (χ3v) is 3.05. The summed E-state index contributed by atoms with van der Waals surface area (Å²) in [5.41, 5.74) is 4.15. The molecule has 0 aromatic heterocycles. The van der Waals surface area contributed by atoms with E-state index in [1.807, 2.05) is 0 Å². The van der Waals surface area contributed by atoms with Gasteiger partial charge in [-0.25, -0.2) is 0 Å². The molecule has 16 heavy (non-hydrogen) atoms. The Kier molecular flexibility index (Phi) is 5.01. The van der Waals surface area contributed by atoms with Crippen molar-refractivity contribution in [2.45, 2.75) is 53.6 Å². The van der Waals surface area contributed by atoms with Crippen molar-refractivity contribution >= 4 is 0 Å². The Hall–Kier alpha value is -0.820. The SMILES string of the molecule is Cc1ccc(CNC(C)CC(C)C)cc1C. The molecule has 1 heteroatoms. The summed E-state index contributed by atoms with van der Waals surface area (Å²) in [6, 6.07) is 7.31. The predicted molar refractivity (Wildman–Crippen MR) is 71.7 cm³/mol. The monoisotopic (exact) mass is 219 g/mol. The highest BCUT2D eigenvalue weighted by Gasteiger charge is 2.04. The molecule has 0 saturated carbocycles. The molecule has 0 radical (unpaired) electrons. The molecule has 0 heterocycles. The maximum Gasteiger partial charge on any atom is 0.0208 e. The van der Waals surface area contributed by atoms with Crippen molar-refractivity contribution in [3.05, 3.63) is 34.9 Å². The summed E-state index contributed by atoms with van der Waals surface area (Å²) >= 11 is 0. The number of hydrogen-bond acceptors (Lipinski definition) is 1. The van der Waals surface area contributed by atoms with Crippen molar-refractivity contribution < 1.29 is 0 Å². The molecule has 1 aromatic rings. The topological polar surface area (TPSA) is 12.0 Å². The van der Waals surface area contributed by atoms with Crippen LogP contribution in [0.3, 0.4) is 0 Å². The molecule has 1 atom stereocenters. The Morgan fingerprint density at radius 1 is 1.06 bits per heavy atom. The summed E-state index contributed by atoms with van der Waals surface area (Å²) in [6.07, 6.45) is 1.24. The lowest BCUT2D eigenvalue weighted by Gasteiger charge is -2.16. The van der Waals surface area contributed by atoms with Crippen LogP contribution in [0.25, 0.3) is 0 Å². The fourth-order valence-electron chi connectivity index (χ4n) is 2.00. The van der Waals surface area contributed by atoms with Gasteiger partial charge in [0, 0.05) is 12.6 Å². The van der Waals surface area contributed by atoms with Crippen LogP contribution in [0.4, 0.5) is 0 Å². The van der Waals surface area contributed by atoms with Gasteiger partial charge in [0.05, 0.1) is 0 Å². The summed E-state index contributed by atoms with van der Waals surface area (Å²) in [6.45, 7) is 12.1. The van der Waals surface area contributed by atoms with Gasteiger partial charge in [-0.15, -0.1) is 0 Å². The molecule has 1 N–H and O–H groups in total. The standard InChI is InChI=1S/C15H25N/c1-11(2)8-14(5)16-10-15-7-6-12(3)13(4)9-15/h6-7,9,11,14,16H,8,10H2,1-5H3. The van der Waals surface area contributed by atoms with Gasteiger partial charge < -0.3 is 5.32 Å². The maximum atomic E-state index is 3.58. The minimum Gasteiger partial charge on any atom is -0.310 e. The van der Waals surface area contributed by atoms with Gasteiger partial charge in [-0.1, -0.05) is 32.0 Å². The van der Waals surface area contributed by atoms with Crippen LogP contribution < -0.4 is 5.32 Å². The third kappa shape index (κ3) is 4.36. The first kappa shape index (κ1) is 13.2. The largest absolute Gasteiger partial charge is 0.310 e. The molecule has 0 bridgehead atoms. The highest BCUT2D eigenvalue weighted by molar-refractivity contribution is 5.29. The van der Waals surface area contributed by atoms with E-state index in [0.717, 1.165) is 12.5 Å². The zero-order valence-electron chi connectivity index (χ0n) is 11.3. The molecule has 90 valence electrons. The number of aryl methyl sites for hydroxylation is 2. The maximum absolute atomic E-state index is 3.58. The fraction of sp³-hybridized carbons (Fsp3) is 0.600. The lowest BCUT2D eigenvalue weighted by Crippen LogP contribution is -2.26. The van der Waals surface area contributed by atoms with Crippen molar-refractivity contribution in [2.75, 3.05) is 0 Å². The first-order valence-electron chi connectivity index (χ1n) is 6.28. The molecule has 0 aliphatic carbocycles. The van der Waals surface area contributed by atoms with Crippen LogP contribution in [0.15, 0.2) is 18.2 Å². The van der Waals surface area contributed by atoms with Crippen molar-refractivity contribution in [1.29, 1.82) is 0 Å². The van der Waals surface area contributed by atoms with E-state index in [-0.39, 0.29) is 0 Å². The van der Waals surface area contributed by atoms with Crippen LogP contribution >= 0.6 is 0 Å². The average molecular weight is 219 g/mol. The minimum atomic E-state index is 0.599. The van der Waals surface area contributed by atoms with Crippen molar-refractivity contribution in [1.82, 2.24) is 5.32 Å². The van der Waals surface area contributed by atoms with Crippen LogP contribution in [0.1, 0.15) is 43.9 Å². The van der Waals surface area contributed by atoms with Gasteiger partial charge in [-0.05, 0) is 49.8 Å². The molecule has 0 fully saturated rings. The molecular formula is C15H25N. The minimum absolute atomic E-state index is 0.599. The Morgan fingerprint density at radius 2 is 1.75 bits per heavy atom. The van der Waals surface area contributed by atoms with Gasteiger partial charge in [0.1, 0.15) is 0 Å². The van der Waals surface area contributed by atoms with Crippen molar-refractivity contribution in [3.8, 4) is 0 Å². The summed E-state index contributed by atoms with van der Waals surface area (Å²) in [5.74, 6) is 0.766. The van der Waals surface area contributed by atoms with Crippen LogP contribution in [-0.4, -0.2) is 6.04 Å². The van der Waals surface area contributed by atoms with Crippen molar-refractivity contribution in [2.24, 2.45) is 5.92 Å². The first-order chi connectivity index (χ1) is 7.49. The van der Waals surface area contributed by atoms with Gasteiger partial charge in [-0.3, -0.25) is 0 Å². The second-order valence-corrected chi connectivity index (χ2v) is 5.33. The van der Waals surface area contributed by atoms with Crippen LogP contribution in [0.5, 0.6) is 0 Å². The lowest BCUT2D eigenvalue weighted by molar-refractivity contribution is 0.441. The molecule has 0 amide bonds. The van der Waals surface area contributed by atoms with E-state index in [1.165, 1.54) is 23.1 Å². The average Bonchev–Trinajstić information content (AvgIpc) is 2.19. The van der Waals surface area contributed by atoms with Gasteiger partial charge >= 0.3 is 0 Å². The number of benzene rings is 1. The van der Waals surface area contributed by atoms with Crippen LogP contribution in [-0.2, 0) is 6.54 Å². The molecule has 1 unspecified atom stereocenters. The zero-order chi connectivity index (χ0) is 12.1. The quantitative estimate of drug-likeness (QED) is 0.793. The normalized spacial score (nSPS) is 13.1. The molecule has 0 aliphatic heterocycles. The Bertz CT molecular complexity index is 328. The highest BCUT2D eigenvalue weighted by Crippen LogP contribution is 2.10. The second-order valence-electron chi connectivity index (χ2n) is 5.33.